The van der Waals surface area contributed by atoms with Gasteiger partial charge in [-0.2, -0.15) is 0 Å². The van der Waals surface area contributed by atoms with Gasteiger partial charge in [0.1, 0.15) is 11.5 Å². The molecule has 0 aliphatic carbocycles. The number of ether oxygens (including phenoxy) is 1. The van der Waals surface area contributed by atoms with E-state index in [0.717, 1.165) is 0 Å². The van der Waals surface area contributed by atoms with E-state index in [9.17, 15) is 14.0 Å². The molecule has 0 atom stereocenters. The van der Waals surface area contributed by atoms with Crippen molar-refractivity contribution in [3.63, 3.8) is 0 Å². The summed E-state index contributed by atoms with van der Waals surface area (Å²) in [5.74, 6) is -1.28. The second kappa shape index (κ2) is 6.43. The van der Waals surface area contributed by atoms with Gasteiger partial charge in [-0.05, 0) is 25.5 Å². The average molecular weight is 304 g/mol. The molecule has 1 amide bonds. The molecule has 1 heterocycles. The lowest BCUT2D eigenvalue weighted by atomic mass is 10.1. The maximum atomic E-state index is 13.5. The third kappa shape index (κ3) is 3.00. The number of nitrogens with one attached hydrogen (secondary N) is 2. The summed E-state index contributed by atoms with van der Waals surface area (Å²) in [6.45, 7) is 3.41. The van der Waals surface area contributed by atoms with Crippen molar-refractivity contribution in [2.24, 2.45) is 0 Å². The fraction of sp³-hybridized carbons (Fsp3) is 0.250. The molecule has 0 spiro atoms. The summed E-state index contributed by atoms with van der Waals surface area (Å²) in [6.07, 6.45) is 0. The van der Waals surface area contributed by atoms with Gasteiger partial charge in [0.25, 0.3) is 5.91 Å². The van der Waals surface area contributed by atoms with Crippen molar-refractivity contribution in [2.75, 3.05) is 7.11 Å². The third-order valence-corrected chi connectivity index (χ3v) is 3.45. The van der Waals surface area contributed by atoms with Gasteiger partial charge in [0.05, 0.1) is 12.7 Å². The van der Waals surface area contributed by atoms with Crippen LogP contribution in [-0.4, -0.2) is 24.0 Å². The Labute approximate surface area is 127 Å². The van der Waals surface area contributed by atoms with Crippen molar-refractivity contribution in [2.45, 2.75) is 20.4 Å². The van der Waals surface area contributed by atoms with Crippen molar-refractivity contribution >= 4 is 11.9 Å². The van der Waals surface area contributed by atoms with Crippen LogP contribution in [0, 0.1) is 19.7 Å². The van der Waals surface area contributed by atoms with Gasteiger partial charge in [0.15, 0.2) is 0 Å². The van der Waals surface area contributed by atoms with E-state index in [1.165, 1.54) is 13.2 Å². The Balaban J connectivity index is 2.17. The summed E-state index contributed by atoms with van der Waals surface area (Å²) in [4.78, 5) is 26.8. The van der Waals surface area contributed by atoms with E-state index in [-0.39, 0.29) is 18.1 Å². The highest BCUT2D eigenvalue weighted by molar-refractivity contribution is 6.00. The lowest BCUT2D eigenvalue weighted by Gasteiger charge is -2.06. The summed E-state index contributed by atoms with van der Waals surface area (Å²) < 4.78 is 18.2. The quantitative estimate of drug-likeness (QED) is 0.853. The lowest BCUT2D eigenvalue weighted by Crippen LogP contribution is -2.24. The van der Waals surface area contributed by atoms with Gasteiger partial charge >= 0.3 is 5.97 Å². The van der Waals surface area contributed by atoms with Crippen molar-refractivity contribution in [3.8, 4) is 0 Å². The van der Waals surface area contributed by atoms with Gasteiger partial charge < -0.3 is 15.0 Å². The SMILES string of the molecule is COC(=O)c1c(C)[nH]c(C(=O)NCc2ccccc2F)c1C. The van der Waals surface area contributed by atoms with E-state index in [0.29, 0.717) is 22.4 Å². The number of H-pyrrole nitrogens is 1. The molecule has 1 aromatic carbocycles. The number of hydrogen-bond acceptors (Lipinski definition) is 3. The van der Waals surface area contributed by atoms with Crippen LogP contribution in [-0.2, 0) is 11.3 Å². The molecule has 2 rings (SSSR count). The summed E-state index contributed by atoms with van der Waals surface area (Å²) >= 11 is 0. The number of aromatic amines is 1. The zero-order valence-corrected chi connectivity index (χ0v) is 12.6. The minimum atomic E-state index is -0.501. The molecule has 1 aromatic heterocycles. The fourth-order valence-electron chi connectivity index (χ4n) is 2.29. The third-order valence-electron chi connectivity index (χ3n) is 3.45. The number of aryl methyl sites for hydroxylation is 1. The van der Waals surface area contributed by atoms with Crippen molar-refractivity contribution in [1.29, 1.82) is 0 Å². The second-order valence-corrected chi connectivity index (χ2v) is 4.89. The van der Waals surface area contributed by atoms with E-state index >= 15 is 0 Å². The lowest BCUT2D eigenvalue weighted by molar-refractivity contribution is 0.0599. The highest BCUT2D eigenvalue weighted by Gasteiger charge is 2.22. The molecule has 0 fully saturated rings. The van der Waals surface area contributed by atoms with Crippen LogP contribution < -0.4 is 5.32 Å². The summed E-state index contributed by atoms with van der Waals surface area (Å²) in [5, 5.41) is 2.63. The Kier molecular flexibility index (Phi) is 4.60. The first-order valence-electron chi connectivity index (χ1n) is 6.74. The molecular weight excluding hydrogens is 287 g/mol. The van der Waals surface area contributed by atoms with Gasteiger partial charge in [-0.15, -0.1) is 0 Å². The van der Waals surface area contributed by atoms with Crippen molar-refractivity contribution < 1.29 is 18.7 Å². The smallest absolute Gasteiger partial charge is 0.339 e. The maximum absolute atomic E-state index is 13.5. The van der Waals surface area contributed by atoms with Crippen LogP contribution >= 0.6 is 0 Å². The van der Waals surface area contributed by atoms with E-state index in [2.05, 4.69) is 10.3 Å². The minimum absolute atomic E-state index is 0.0660. The Morgan fingerprint density at radius 1 is 1.27 bits per heavy atom. The molecule has 116 valence electrons. The van der Waals surface area contributed by atoms with E-state index in [1.807, 2.05) is 0 Å². The summed E-state index contributed by atoms with van der Waals surface area (Å²) in [6, 6.07) is 6.22. The number of carbonyl (C=O) groups excluding carboxylic acids is 2. The molecule has 6 heteroatoms. The largest absolute Gasteiger partial charge is 0.465 e. The zero-order chi connectivity index (χ0) is 16.3. The zero-order valence-electron chi connectivity index (χ0n) is 12.6. The Bertz CT molecular complexity index is 722. The number of aromatic nitrogens is 1. The van der Waals surface area contributed by atoms with Crippen LogP contribution in [0.3, 0.4) is 0 Å². The maximum Gasteiger partial charge on any atom is 0.339 e. The van der Waals surface area contributed by atoms with E-state index in [1.54, 1.807) is 32.0 Å². The number of halogens is 1. The molecule has 5 nitrogen and oxygen atoms in total. The molecule has 0 unspecified atom stereocenters. The first-order chi connectivity index (χ1) is 10.5. The van der Waals surface area contributed by atoms with Crippen molar-refractivity contribution in [3.05, 3.63) is 58.2 Å². The molecule has 2 N–H and O–H groups in total. The predicted molar refractivity (Wildman–Crippen MR) is 79.2 cm³/mol. The van der Waals surface area contributed by atoms with Crippen LogP contribution in [0.4, 0.5) is 4.39 Å². The number of amides is 1. The van der Waals surface area contributed by atoms with Crippen molar-refractivity contribution in [1.82, 2.24) is 10.3 Å². The Morgan fingerprint density at radius 3 is 2.59 bits per heavy atom. The number of esters is 1. The highest BCUT2D eigenvalue weighted by Crippen LogP contribution is 2.19. The molecule has 0 bridgehead atoms. The molecule has 0 aliphatic heterocycles. The first-order valence-corrected chi connectivity index (χ1v) is 6.74. The number of hydrogen-bond donors (Lipinski definition) is 2. The van der Waals surface area contributed by atoms with Crippen LogP contribution in [0.1, 0.15) is 37.7 Å². The summed E-state index contributed by atoms with van der Waals surface area (Å²) in [5.41, 5.74) is 2.08. The predicted octanol–water partition coefficient (Wildman–Crippen LogP) is 2.49. The topological polar surface area (TPSA) is 71.2 Å². The van der Waals surface area contributed by atoms with Gasteiger partial charge in [0, 0.05) is 17.8 Å². The van der Waals surface area contributed by atoms with E-state index < -0.39 is 11.9 Å². The molecule has 22 heavy (non-hydrogen) atoms. The molecule has 0 saturated carbocycles. The molecule has 0 radical (unpaired) electrons. The van der Waals surface area contributed by atoms with Crippen LogP contribution in [0.2, 0.25) is 0 Å². The number of rotatable bonds is 4. The van der Waals surface area contributed by atoms with Gasteiger partial charge in [-0.25, -0.2) is 9.18 Å². The fourth-order valence-corrected chi connectivity index (χ4v) is 2.29. The van der Waals surface area contributed by atoms with Crippen LogP contribution in [0.15, 0.2) is 24.3 Å². The van der Waals surface area contributed by atoms with Crippen LogP contribution in [0.5, 0.6) is 0 Å². The summed E-state index contributed by atoms with van der Waals surface area (Å²) in [7, 11) is 1.28. The number of benzene rings is 1. The van der Waals surface area contributed by atoms with Gasteiger partial charge in [-0.1, -0.05) is 18.2 Å². The number of carbonyl (C=O) groups is 2. The molecule has 0 aliphatic rings. The highest BCUT2D eigenvalue weighted by atomic mass is 19.1. The van der Waals surface area contributed by atoms with E-state index in [4.69, 9.17) is 4.74 Å². The second-order valence-electron chi connectivity index (χ2n) is 4.89. The molecule has 0 saturated heterocycles. The standard InChI is InChI=1S/C16H17FN2O3/c1-9-13(16(21)22-3)10(2)19-14(9)15(20)18-8-11-6-4-5-7-12(11)17/h4-7,19H,8H2,1-3H3,(H,18,20). The molecular formula is C16H17FN2O3. The van der Waals surface area contributed by atoms with Gasteiger partial charge in [-0.3, -0.25) is 4.79 Å². The normalized spacial score (nSPS) is 10.4. The minimum Gasteiger partial charge on any atom is -0.465 e. The van der Waals surface area contributed by atoms with Crippen LogP contribution in [0.25, 0.3) is 0 Å². The average Bonchev–Trinajstić information content (AvgIpc) is 2.80. The van der Waals surface area contributed by atoms with Gasteiger partial charge in [0.2, 0.25) is 0 Å². The molecule has 2 aromatic rings. The Hall–Kier alpha value is -2.63. The monoisotopic (exact) mass is 304 g/mol. The first kappa shape index (κ1) is 15.8. The number of methoxy groups -OCH3 is 1. The Morgan fingerprint density at radius 2 is 1.95 bits per heavy atom.